The molecular formula is C20H24N4O2S. The molecule has 1 aromatic carbocycles. The number of furan rings is 1. The van der Waals surface area contributed by atoms with E-state index in [0.717, 1.165) is 18.4 Å². The van der Waals surface area contributed by atoms with Gasteiger partial charge in [-0.05, 0) is 30.5 Å². The van der Waals surface area contributed by atoms with E-state index in [1.54, 1.807) is 6.26 Å². The van der Waals surface area contributed by atoms with E-state index >= 15 is 0 Å². The maximum Gasteiger partial charge on any atom is 0.230 e. The zero-order valence-electron chi connectivity index (χ0n) is 15.6. The molecule has 6 nitrogen and oxygen atoms in total. The molecule has 0 unspecified atom stereocenters. The van der Waals surface area contributed by atoms with Crippen molar-refractivity contribution < 1.29 is 9.21 Å². The molecule has 1 N–H and O–H groups in total. The van der Waals surface area contributed by atoms with Gasteiger partial charge in [-0.25, -0.2) is 0 Å². The van der Waals surface area contributed by atoms with Gasteiger partial charge in [0.2, 0.25) is 11.7 Å². The number of nitrogens with zero attached hydrogens (tertiary/aromatic N) is 3. The number of hydrogen-bond donors (Lipinski definition) is 1. The molecule has 2 aromatic heterocycles. The van der Waals surface area contributed by atoms with Gasteiger partial charge in [0.25, 0.3) is 0 Å². The Morgan fingerprint density at radius 2 is 1.93 bits per heavy atom. The zero-order chi connectivity index (χ0) is 19.1. The Balaban J connectivity index is 1.77. The Morgan fingerprint density at radius 1 is 1.15 bits per heavy atom. The molecule has 0 aliphatic carbocycles. The van der Waals surface area contributed by atoms with Crippen molar-refractivity contribution in [1.29, 1.82) is 0 Å². The smallest absolute Gasteiger partial charge is 0.230 e. The van der Waals surface area contributed by atoms with Crippen LogP contribution in [0.5, 0.6) is 0 Å². The predicted octanol–water partition coefficient (Wildman–Crippen LogP) is 3.98. The molecule has 0 atom stereocenters. The third kappa shape index (κ3) is 5.01. The second kappa shape index (κ2) is 9.41. The van der Waals surface area contributed by atoms with Gasteiger partial charge >= 0.3 is 0 Å². The van der Waals surface area contributed by atoms with Crippen LogP contribution in [0.15, 0.2) is 58.3 Å². The summed E-state index contributed by atoms with van der Waals surface area (Å²) in [5.41, 5.74) is 1.13. The number of hydrogen-bond acceptors (Lipinski definition) is 5. The van der Waals surface area contributed by atoms with Crippen LogP contribution in [0, 0.1) is 0 Å². The van der Waals surface area contributed by atoms with Gasteiger partial charge in [0.05, 0.1) is 18.6 Å². The van der Waals surface area contributed by atoms with Crippen molar-refractivity contribution >= 4 is 17.7 Å². The highest BCUT2D eigenvalue weighted by Crippen LogP contribution is 2.25. The first-order valence-electron chi connectivity index (χ1n) is 9.14. The normalized spacial score (nSPS) is 11.1. The molecule has 3 aromatic rings. The highest BCUT2D eigenvalue weighted by atomic mass is 32.2. The van der Waals surface area contributed by atoms with Crippen LogP contribution in [0.25, 0.3) is 11.6 Å². The summed E-state index contributed by atoms with van der Waals surface area (Å²) in [6.45, 7) is 4.77. The van der Waals surface area contributed by atoms with E-state index in [0.29, 0.717) is 29.0 Å². The standard InChI is InChI=1S/C20H24N4O2S/c1-3-16(4-2)21-18(25)14-27-20-23-22-19(17-11-8-12-26-17)24(20)13-15-9-6-5-7-10-15/h5-12,16H,3-4,13-14H2,1-2H3,(H,21,25). The monoisotopic (exact) mass is 384 g/mol. The second-order valence-electron chi connectivity index (χ2n) is 6.22. The number of nitrogens with one attached hydrogen (secondary N) is 1. The lowest BCUT2D eigenvalue weighted by atomic mass is 10.2. The highest BCUT2D eigenvalue weighted by molar-refractivity contribution is 7.99. The minimum Gasteiger partial charge on any atom is -0.461 e. The first-order chi connectivity index (χ1) is 13.2. The van der Waals surface area contributed by atoms with E-state index < -0.39 is 0 Å². The number of carbonyl (C=O) groups excluding carboxylic acids is 1. The van der Waals surface area contributed by atoms with E-state index in [4.69, 9.17) is 4.42 Å². The van der Waals surface area contributed by atoms with Crippen molar-refractivity contribution in [3.63, 3.8) is 0 Å². The summed E-state index contributed by atoms with van der Waals surface area (Å²) >= 11 is 1.39. The van der Waals surface area contributed by atoms with Crippen LogP contribution in [0.3, 0.4) is 0 Å². The van der Waals surface area contributed by atoms with Gasteiger partial charge in [-0.3, -0.25) is 9.36 Å². The molecule has 142 valence electrons. The average molecular weight is 385 g/mol. The summed E-state index contributed by atoms with van der Waals surface area (Å²) in [4.78, 5) is 12.2. The van der Waals surface area contributed by atoms with Crippen LogP contribution in [0.1, 0.15) is 32.3 Å². The van der Waals surface area contributed by atoms with E-state index in [-0.39, 0.29) is 11.9 Å². The lowest BCUT2D eigenvalue weighted by Crippen LogP contribution is -2.35. The summed E-state index contributed by atoms with van der Waals surface area (Å²) in [5, 5.41) is 12.3. The number of amides is 1. The fourth-order valence-electron chi connectivity index (χ4n) is 2.78. The van der Waals surface area contributed by atoms with Gasteiger partial charge in [0.1, 0.15) is 0 Å². The summed E-state index contributed by atoms with van der Waals surface area (Å²) in [5.74, 6) is 1.64. The van der Waals surface area contributed by atoms with E-state index in [1.165, 1.54) is 11.8 Å². The predicted molar refractivity (Wildman–Crippen MR) is 107 cm³/mol. The Labute approximate surface area is 163 Å². The third-order valence-electron chi connectivity index (χ3n) is 4.32. The SMILES string of the molecule is CCC(CC)NC(=O)CSc1nnc(-c2ccco2)n1Cc1ccccc1. The molecule has 0 bridgehead atoms. The Kier molecular flexibility index (Phi) is 6.70. The first-order valence-corrected chi connectivity index (χ1v) is 10.1. The molecule has 0 aliphatic heterocycles. The van der Waals surface area contributed by atoms with Crippen molar-refractivity contribution in [2.75, 3.05) is 5.75 Å². The number of benzene rings is 1. The van der Waals surface area contributed by atoms with Crippen molar-refractivity contribution in [2.24, 2.45) is 0 Å². The molecule has 0 aliphatic rings. The molecule has 3 rings (SSSR count). The lowest BCUT2D eigenvalue weighted by molar-refractivity contribution is -0.119. The van der Waals surface area contributed by atoms with Crippen LogP contribution < -0.4 is 5.32 Å². The molecule has 0 spiro atoms. The molecule has 7 heteroatoms. The fraction of sp³-hybridized carbons (Fsp3) is 0.350. The van der Waals surface area contributed by atoms with Crippen molar-refractivity contribution in [2.45, 2.75) is 44.4 Å². The van der Waals surface area contributed by atoms with Gasteiger partial charge in [-0.1, -0.05) is 55.9 Å². The molecule has 0 saturated carbocycles. The lowest BCUT2D eigenvalue weighted by Gasteiger charge is -2.14. The van der Waals surface area contributed by atoms with Crippen LogP contribution >= 0.6 is 11.8 Å². The third-order valence-corrected chi connectivity index (χ3v) is 5.29. The first kappa shape index (κ1) is 19.2. The quantitative estimate of drug-likeness (QED) is 0.565. The summed E-state index contributed by atoms with van der Waals surface area (Å²) in [6.07, 6.45) is 3.48. The average Bonchev–Trinajstić information content (AvgIpc) is 3.35. The summed E-state index contributed by atoms with van der Waals surface area (Å²) in [6, 6.07) is 14.0. The number of rotatable bonds is 9. The van der Waals surface area contributed by atoms with Crippen molar-refractivity contribution in [3.05, 3.63) is 54.3 Å². The Hall–Kier alpha value is -2.54. The largest absolute Gasteiger partial charge is 0.461 e. The van der Waals surface area contributed by atoms with E-state index in [9.17, 15) is 4.79 Å². The summed E-state index contributed by atoms with van der Waals surface area (Å²) < 4.78 is 7.50. The fourth-order valence-corrected chi connectivity index (χ4v) is 3.53. The molecule has 0 fully saturated rings. The van der Waals surface area contributed by atoms with Crippen molar-refractivity contribution in [3.8, 4) is 11.6 Å². The molecule has 1 amide bonds. The summed E-state index contributed by atoms with van der Waals surface area (Å²) in [7, 11) is 0. The number of thioether (sulfide) groups is 1. The zero-order valence-corrected chi connectivity index (χ0v) is 16.4. The Morgan fingerprint density at radius 3 is 2.59 bits per heavy atom. The van der Waals surface area contributed by atoms with Gasteiger partial charge in [0, 0.05) is 6.04 Å². The van der Waals surface area contributed by atoms with Gasteiger partial charge in [-0.2, -0.15) is 0 Å². The van der Waals surface area contributed by atoms with E-state index in [2.05, 4.69) is 41.5 Å². The molecule has 27 heavy (non-hydrogen) atoms. The molecule has 0 saturated heterocycles. The van der Waals surface area contributed by atoms with Crippen LogP contribution in [0.2, 0.25) is 0 Å². The highest BCUT2D eigenvalue weighted by Gasteiger charge is 2.18. The second-order valence-corrected chi connectivity index (χ2v) is 7.17. The molecular weight excluding hydrogens is 360 g/mol. The molecule has 2 heterocycles. The van der Waals surface area contributed by atoms with Gasteiger partial charge in [-0.15, -0.1) is 10.2 Å². The minimum atomic E-state index is 0.0162. The van der Waals surface area contributed by atoms with E-state index in [1.807, 2.05) is 34.9 Å². The van der Waals surface area contributed by atoms with Gasteiger partial charge in [0.15, 0.2) is 10.9 Å². The molecule has 0 radical (unpaired) electrons. The van der Waals surface area contributed by atoms with Crippen LogP contribution in [-0.2, 0) is 11.3 Å². The van der Waals surface area contributed by atoms with Crippen LogP contribution in [-0.4, -0.2) is 32.5 Å². The maximum atomic E-state index is 12.2. The Bertz CT molecular complexity index is 842. The minimum absolute atomic E-state index is 0.0162. The van der Waals surface area contributed by atoms with Gasteiger partial charge < -0.3 is 9.73 Å². The number of carbonyl (C=O) groups is 1. The number of aromatic nitrogens is 3. The van der Waals surface area contributed by atoms with Crippen LogP contribution in [0.4, 0.5) is 0 Å². The topological polar surface area (TPSA) is 73.0 Å². The maximum absolute atomic E-state index is 12.2. The van der Waals surface area contributed by atoms with Crippen molar-refractivity contribution in [1.82, 2.24) is 20.1 Å².